The van der Waals surface area contributed by atoms with Gasteiger partial charge >= 0.3 is 0 Å². The standard InChI is InChI=1S/C13H23N5OS/c1-3-6-15-13-17-11(14)10(20-13)12(19)16-9-4-7-18(2)8-5-9/h9H,3-8,14H2,1-2H3,(H,15,17)(H,16,19). The Morgan fingerprint density at radius 1 is 1.50 bits per heavy atom. The van der Waals surface area contributed by atoms with E-state index in [9.17, 15) is 4.79 Å². The van der Waals surface area contributed by atoms with Crippen molar-refractivity contribution < 1.29 is 4.79 Å². The largest absolute Gasteiger partial charge is 0.382 e. The van der Waals surface area contributed by atoms with Crippen LogP contribution in [0.3, 0.4) is 0 Å². The van der Waals surface area contributed by atoms with E-state index in [-0.39, 0.29) is 11.9 Å². The van der Waals surface area contributed by atoms with E-state index in [1.807, 2.05) is 0 Å². The number of amides is 1. The highest BCUT2D eigenvalue weighted by Gasteiger charge is 2.22. The Hall–Kier alpha value is -1.34. The zero-order valence-electron chi connectivity index (χ0n) is 12.1. The second kappa shape index (κ2) is 6.90. The number of carbonyl (C=O) groups excluding carboxylic acids is 1. The first kappa shape index (κ1) is 15.1. The van der Waals surface area contributed by atoms with E-state index in [2.05, 4.69) is 34.5 Å². The number of likely N-dealkylation sites (tertiary alicyclic amines) is 1. The molecule has 1 aromatic rings. The van der Waals surface area contributed by atoms with E-state index in [0.717, 1.165) is 44.0 Å². The molecule has 7 heteroatoms. The summed E-state index contributed by atoms with van der Waals surface area (Å²) in [5.41, 5.74) is 5.83. The molecule has 0 bridgehead atoms. The molecule has 0 aliphatic carbocycles. The van der Waals surface area contributed by atoms with Gasteiger partial charge in [-0.3, -0.25) is 4.79 Å². The number of piperidine rings is 1. The summed E-state index contributed by atoms with van der Waals surface area (Å²) in [6.07, 6.45) is 2.99. The van der Waals surface area contributed by atoms with E-state index < -0.39 is 0 Å². The number of rotatable bonds is 5. The Labute approximate surface area is 123 Å². The van der Waals surface area contributed by atoms with Crippen molar-refractivity contribution in [3.8, 4) is 0 Å². The van der Waals surface area contributed by atoms with Crippen molar-refractivity contribution in [1.29, 1.82) is 0 Å². The van der Waals surface area contributed by atoms with Gasteiger partial charge < -0.3 is 21.3 Å². The third kappa shape index (κ3) is 3.83. The molecule has 1 aliphatic rings. The zero-order valence-corrected chi connectivity index (χ0v) is 12.9. The number of nitrogens with zero attached hydrogens (tertiary/aromatic N) is 2. The third-order valence-electron chi connectivity index (χ3n) is 3.44. The molecule has 4 N–H and O–H groups in total. The number of hydrogen-bond donors (Lipinski definition) is 3. The number of nitrogen functional groups attached to an aromatic ring is 1. The van der Waals surface area contributed by atoms with Crippen molar-refractivity contribution in [2.75, 3.05) is 37.7 Å². The second-order valence-electron chi connectivity index (χ2n) is 5.21. The molecule has 6 nitrogen and oxygen atoms in total. The van der Waals surface area contributed by atoms with Gasteiger partial charge in [0.05, 0.1) is 0 Å². The van der Waals surface area contributed by atoms with Crippen LogP contribution in [0, 0.1) is 0 Å². The number of hydrogen-bond acceptors (Lipinski definition) is 6. The van der Waals surface area contributed by atoms with Crippen LogP contribution in [0.15, 0.2) is 0 Å². The number of carbonyl (C=O) groups is 1. The summed E-state index contributed by atoms with van der Waals surface area (Å²) in [6.45, 7) is 4.96. The molecule has 2 heterocycles. The van der Waals surface area contributed by atoms with Gasteiger partial charge in [-0.1, -0.05) is 18.3 Å². The average molecular weight is 297 g/mol. The molecule has 0 atom stereocenters. The predicted octanol–water partition coefficient (Wildman–Crippen LogP) is 1.37. The van der Waals surface area contributed by atoms with Gasteiger partial charge in [-0.15, -0.1) is 0 Å². The fraction of sp³-hybridized carbons (Fsp3) is 0.692. The van der Waals surface area contributed by atoms with Crippen molar-refractivity contribution in [2.45, 2.75) is 32.2 Å². The molecule has 1 amide bonds. The van der Waals surface area contributed by atoms with Crippen LogP contribution in [0.4, 0.5) is 10.9 Å². The maximum atomic E-state index is 12.2. The molecule has 0 spiro atoms. The normalized spacial score (nSPS) is 17.1. The summed E-state index contributed by atoms with van der Waals surface area (Å²) < 4.78 is 0. The van der Waals surface area contributed by atoms with E-state index in [1.165, 1.54) is 11.3 Å². The van der Waals surface area contributed by atoms with Crippen molar-refractivity contribution in [3.63, 3.8) is 0 Å². The lowest BCUT2D eigenvalue weighted by Gasteiger charge is -2.29. The summed E-state index contributed by atoms with van der Waals surface area (Å²) in [5, 5.41) is 6.94. The van der Waals surface area contributed by atoms with Crippen LogP contribution in [0.1, 0.15) is 35.9 Å². The van der Waals surface area contributed by atoms with Gasteiger partial charge in [0, 0.05) is 12.6 Å². The number of nitrogens with one attached hydrogen (secondary N) is 2. The first-order chi connectivity index (χ1) is 9.60. The van der Waals surface area contributed by atoms with Crippen molar-refractivity contribution in [3.05, 3.63) is 4.88 Å². The zero-order chi connectivity index (χ0) is 14.5. The van der Waals surface area contributed by atoms with E-state index in [4.69, 9.17) is 5.73 Å². The number of aromatic nitrogens is 1. The molecule has 1 aliphatic heterocycles. The molecule has 0 saturated carbocycles. The van der Waals surface area contributed by atoms with Gasteiger partial charge in [0.15, 0.2) is 5.13 Å². The van der Waals surface area contributed by atoms with E-state index in [0.29, 0.717) is 10.7 Å². The summed E-state index contributed by atoms with van der Waals surface area (Å²) >= 11 is 1.33. The summed E-state index contributed by atoms with van der Waals surface area (Å²) in [7, 11) is 2.10. The smallest absolute Gasteiger partial charge is 0.265 e. The summed E-state index contributed by atoms with van der Waals surface area (Å²) in [4.78, 5) is 19.2. The monoisotopic (exact) mass is 297 g/mol. The van der Waals surface area contributed by atoms with Crippen LogP contribution in [0.2, 0.25) is 0 Å². The minimum atomic E-state index is -0.0981. The minimum absolute atomic E-state index is 0.0981. The first-order valence-corrected chi connectivity index (χ1v) is 7.91. The molecule has 2 rings (SSSR count). The van der Waals surface area contributed by atoms with Gasteiger partial charge in [0.1, 0.15) is 10.7 Å². The second-order valence-corrected chi connectivity index (χ2v) is 6.21. The van der Waals surface area contributed by atoms with Crippen LogP contribution in [0.5, 0.6) is 0 Å². The Kier molecular flexibility index (Phi) is 5.19. The molecular weight excluding hydrogens is 274 g/mol. The molecule has 20 heavy (non-hydrogen) atoms. The Morgan fingerprint density at radius 2 is 2.20 bits per heavy atom. The number of nitrogens with two attached hydrogens (primary N) is 1. The molecule has 1 saturated heterocycles. The summed E-state index contributed by atoms with van der Waals surface area (Å²) in [5.74, 6) is 0.220. The first-order valence-electron chi connectivity index (χ1n) is 7.09. The fourth-order valence-electron chi connectivity index (χ4n) is 2.21. The SMILES string of the molecule is CCCNc1nc(N)c(C(=O)NC2CCN(C)CC2)s1. The Balaban J connectivity index is 1.93. The molecular formula is C13H23N5OS. The maximum Gasteiger partial charge on any atom is 0.265 e. The maximum absolute atomic E-state index is 12.2. The topological polar surface area (TPSA) is 83.3 Å². The van der Waals surface area contributed by atoms with Crippen LogP contribution < -0.4 is 16.4 Å². The van der Waals surface area contributed by atoms with Gasteiger partial charge in [0.25, 0.3) is 5.91 Å². The fourth-order valence-corrected chi connectivity index (χ4v) is 3.02. The Morgan fingerprint density at radius 3 is 2.85 bits per heavy atom. The van der Waals surface area contributed by atoms with E-state index in [1.54, 1.807) is 0 Å². The highest BCUT2D eigenvalue weighted by Crippen LogP contribution is 2.25. The number of anilines is 2. The van der Waals surface area contributed by atoms with Crippen molar-refractivity contribution in [2.24, 2.45) is 0 Å². The highest BCUT2D eigenvalue weighted by molar-refractivity contribution is 7.18. The molecule has 1 aromatic heterocycles. The molecule has 0 unspecified atom stereocenters. The van der Waals surface area contributed by atoms with Gasteiger partial charge in [-0.25, -0.2) is 4.98 Å². The Bertz CT molecular complexity index is 454. The predicted molar refractivity (Wildman–Crippen MR) is 83.3 cm³/mol. The lowest BCUT2D eigenvalue weighted by Crippen LogP contribution is -2.43. The molecule has 1 fully saturated rings. The van der Waals surface area contributed by atoms with Gasteiger partial charge in [-0.05, 0) is 39.4 Å². The minimum Gasteiger partial charge on any atom is -0.382 e. The van der Waals surface area contributed by atoms with E-state index >= 15 is 0 Å². The van der Waals surface area contributed by atoms with Gasteiger partial charge in [0.2, 0.25) is 0 Å². The molecule has 0 aromatic carbocycles. The lowest BCUT2D eigenvalue weighted by atomic mass is 10.1. The lowest BCUT2D eigenvalue weighted by molar-refractivity contribution is 0.0921. The van der Waals surface area contributed by atoms with Crippen LogP contribution in [-0.4, -0.2) is 48.5 Å². The van der Waals surface area contributed by atoms with Crippen LogP contribution in [0.25, 0.3) is 0 Å². The van der Waals surface area contributed by atoms with Crippen molar-refractivity contribution in [1.82, 2.24) is 15.2 Å². The van der Waals surface area contributed by atoms with Crippen LogP contribution in [-0.2, 0) is 0 Å². The van der Waals surface area contributed by atoms with Crippen molar-refractivity contribution >= 4 is 28.2 Å². The van der Waals surface area contributed by atoms with Gasteiger partial charge in [-0.2, -0.15) is 0 Å². The summed E-state index contributed by atoms with van der Waals surface area (Å²) in [6, 6.07) is 0.243. The van der Waals surface area contributed by atoms with Crippen LogP contribution >= 0.6 is 11.3 Å². The number of thiazole rings is 1. The average Bonchev–Trinajstić information content (AvgIpc) is 2.80. The molecule has 0 radical (unpaired) electrons. The third-order valence-corrected chi connectivity index (χ3v) is 4.47. The quantitative estimate of drug-likeness (QED) is 0.764. The highest BCUT2D eigenvalue weighted by atomic mass is 32.1. The molecule has 112 valence electrons.